The molecule has 9 nitrogen and oxygen atoms in total. The van der Waals surface area contributed by atoms with Gasteiger partial charge in [0.25, 0.3) is 0 Å². The van der Waals surface area contributed by atoms with E-state index in [1.807, 2.05) is 55.5 Å². The van der Waals surface area contributed by atoms with Gasteiger partial charge in [-0.05, 0) is 34.2 Å². The SMILES string of the molecule is CCCC(N)C(=O)N(Cc1ccc(-c2ccccc2-c2nn[nH]n2)cc1)[C@H](C(=O)O)C(C)C. The third-order valence-corrected chi connectivity index (χ3v) is 5.55. The van der Waals surface area contributed by atoms with Gasteiger partial charge in [0.1, 0.15) is 6.04 Å². The summed E-state index contributed by atoms with van der Waals surface area (Å²) in [6, 6.07) is 13.7. The maximum absolute atomic E-state index is 13.1. The third kappa shape index (κ3) is 5.61. The lowest BCUT2D eigenvalue weighted by Gasteiger charge is -2.33. The number of nitrogens with one attached hydrogen (secondary N) is 1. The van der Waals surface area contributed by atoms with Crippen molar-refractivity contribution in [1.82, 2.24) is 25.5 Å². The van der Waals surface area contributed by atoms with Crippen LogP contribution in [0.3, 0.4) is 0 Å². The molecule has 0 bridgehead atoms. The number of carboxylic acid groups (broad SMARTS) is 1. The summed E-state index contributed by atoms with van der Waals surface area (Å²) in [6.07, 6.45) is 1.25. The van der Waals surface area contributed by atoms with Gasteiger partial charge in [0.05, 0.1) is 6.04 Å². The van der Waals surface area contributed by atoms with Crippen LogP contribution in [0.25, 0.3) is 22.5 Å². The van der Waals surface area contributed by atoms with Crippen LogP contribution >= 0.6 is 0 Å². The number of rotatable bonds is 10. The quantitative estimate of drug-likeness (QED) is 0.431. The molecule has 1 unspecified atom stereocenters. The lowest BCUT2D eigenvalue weighted by Crippen LogP contribution is -2.53. The first-order valence-corrected chi connectivity index (χ1v) is 11.0. The van der Waals surface area contributed by atoms with E-state index in [-0.39, 0.29) is 18.4 Å². The van der Waals surface area contributed by atoms with Crippen molar-refractivity contribution in [2.75, 3.05) is 0 Å². The topological polar surface area (TPSA) is 138 Å². The van der Waals surface area contributed by atoms with Crippen LogP contribution in [0.15, 0.2) is 48.5 Å². The predicted octanol–water partition coefficient (Wildman–Crippen LogP) is 3.10. The summed E-state index contributed by atoms with van der Waals surface area (Å²) < 4.78 is 0. The van der Waals surface area contributed by atoms with E-state index in [2.05, 4.69) is 20.6 Å². The van der Waals surface area contributed by atoms with Crippen molar-refractivity contribution in [1.29, 1.82) is 0 Å². The molecule has 0 aliphatic rings. The Morgan fingerprint density at radius 1 is 1.09 bits per heavy atom. The van der Waals surface area contributed by atoms with Crippen LogP contribution in [0, 0.1) is 5.92 Å². The molecule has 3 rings (SSSR count). The van der Waals surface area contributed by atoms with E-state index in [1.165, 1.54) is 4.90 Å². The van der Waals surface area contributed by atoms with Crippen molar-refractivity contribution >= 4 is 11.9 Å². The fourth-order valence-corrected chi connectivity index (χ4v) is 3.93. The number of amides is 1. The minimum atomic E-state index is -1.03. The van der Waals surface area contributed by atoms with Crippen molar-refractivity contribution in [3.05, 3.63) is 54.1 Å². The van der Waals surface area contributed by atoms with Crippen LogP contribution in [0.5, 0.6) is 0 Å². The Morgan fingerprint density at radius 2 is 1.76 bits per heavy atom. The maximum Gasteiger partial charge on any atom is 0.326 e. The fourth-order valence-electron chi connectivity index (χ4n) is 3.93. The molecule has 0 saturated carbocycles. The van der Waals surface area contributed by atoms with E-state index in [4.69, 9.17) is 5.73 Å². The highest BCUT2D eigenvalue weighted by Crippen LogP contribution is 2.30. The van der Waals surface area contributed by atoms with Gasteiger partial charge < -0.3 is 15.7 Å². The van der Waals surface area contributed by atoms with Gasteiger partial charge in [0, 0.05) is 12.1 Å². The second kappa shape index (κ2) is 10.8. The molecule has 0 saturated heterocycles. The van der Waals surface area contributed by atoms with Crippen LogP contribution in [0.1, 0.15) is 39.2 Å². The highest BCUT2D eigenvalue weighted by Gasteiger charge is 2.34. The number of aromatic nitrogens is 4. The lowest BCUT2D eigenvalue weighted by molar-refractivity contribution is -0.153. The number of hydrogen-bond donors (Lipinski definition) is 3. The lowest BCUT2D eigenvalue weighted by atomic mass is 9.97. The van der Waals surface area contributed by atoms with E-state index < -0.39 is 18.1 Å². The Kier molecular flexibility index (Phi) is 7.89. The van der Waals surface area contributed by atoms with Gasteiger partial charge in [-0.2, -0.15) is 5.21 Å². The fraction of sp³-hybridized carbons (Fsp3) is 0.375. The summed E-state index contributed by atoms with van der Waals surface area (Å²) in [7, 11) is 0. The summed E-state index contributed by atoms with van der Waals surface area (Å²) in [5.74, 6) is -1.14. The Morgan fingerprint density at radius 3 is 2.30 bits per heavy atom. The zero-order chi connectivity index (χ0) is 24.0. The molecule has 33 heavy (non-hydrogen) atoms. The first kappa shape index (κ1) is 24.1. The molecule has 3 aromatic rings. The third-order valence-electron chi connectivity index (χ3n) is 5.55. The molecular formula is C24H30N6O3. The van der Waals surface area contributed by atoms with Crippen LogP contribution in [0.4, 0.5) is 0 Å². The Labute approximate surface area is 193 Å². The van der Waals surface area contributed by atoms with Crippen molar-refractivity contribution < 1.29 is 14.7 Å². The van der Waals surface area contributed by atoms with E-state index in [0.29, 0.717) is 12.2 Å². The smallest absolute Gasteiger partial charge is 0.326 e. The number of benzene rings is 2. The summed E-state index contributed by atoms with van der Waals surface area (Å²) in [5.41, 5.74) is 9.62. The molecule has 0 fully saturated rings. The number of nitrogens with zero attached hydrogens (tertiary/aromatic N) is 4. The molecule has 174 valence electrons. The van der Waals surface area contributed by atoms with Crippen molar-refractivity contribution in [3.8, 4) is 22.5 Å². The number of H-pyrrole nitrogens is 1. The number of aliphatic carboxylic acids is 1. The summed E-state index contributed by atoms with van der Waals surface area (Å²) in [4.78, 5) is 26.5. The van der Waals surface area contributed by atoms with Gasteiger partial charge in [0.15, 0.2) is 0 Å². The zero-order valence-corrected chi connectivity index (χ0v) is 19.1. The number of carboxylic acids is 1. The highest BCUT2D eigenvalue weighted by molar-refractivity contribution is 5.87. The van der Waals surface area contributed by atoms with Gasteiger partial charge in [-0.25, -0.2) is 4.79 Å². The summed E-state index contributed by atoms with van der Waals surface area (Å²) in [6.45, 7) is 5.70. The molecule has 0 radical (unpaired) electrons. The monoisotopic (exact) mass is 450 g/mol. The average molecular weight is 451 g/mol. The molecule has 9 heteroatoms. The van der Waals surface area contributed by atoms with Crippen molar-refractivity contribution in [3.63, 3.8) is 0 Å². The first-order valence-electron chi connectivity index (χ1n) is 11.0. The Bertz CT molecular complexity index is 1070. The Balaban J connectivity index is 1.90. The van der Waals surface area contributed by atoms with Gasteiger partial charge in [0.2, 0.25) is 11.7 Å². The largest absolute Gasteiger partial charge is 0.480 e. The van der Waals surface area contributed by atoms with Crippen molar-refractivity contribution in [2.45, 2.75) is 52.2 Å². The maximum atomic E-state index is 13.1. The van der Waals surface area contributed by atoms with Gasteiger partial charge in [-0.3, -0.25) is 4.79 Å². The van der Waals surface area contributed by atoms with Crippen LogP contribution in [0.2, 0.25) is 0 Å². The molecule has 0 aliphatic heterocycles. The number of carbonyl (C=O) groups is 2. The van der Waals surface area contributed by atoms with E-state index in [9.17, 15) is 14.7 Å². The average Bonchev–Trinajstić information content (AvgIpc) is 3.33. The van der Waals surface area contributed by atoms with Crippen LogP contribution in [-0.2, 0) is 16.1 Å². The van der Waals surface area contributed by atoms with Gasteiger partial charge >= 0.3 is 5.97 Å². The van der Waals surface area contributed by atoms with Gasteiger partial charge in [-0.1, -0.05) is 75.7 Å². The second-order valence-electron chi connectivity index (χ2n) is 8.37. The zero-order valence-electron chi connectivity index (χ0n) is 19.1. The number of tetrazole rings is 1. The molecule has 0 aliphatic carbocycles. The Hall–Kier alpha value is -3.59. The number of hydrogen-bond acceptors (Lipinski definition) is 6. The van der Waals surface area contributed by atoms with Crippen molar-refractivity contribution in [2.24, 2.45) is 11.7 Å². The van der Waals surface area contributed by atoms with Crippen LogP contribution < -0.4 is 5.73 Å². The summed E-state index contributed by atoms with van der Waals surface area (Å²) in [5, 5.41) is 24.1. The molecule has 2 atom stereocenters. The molecule has 4 N–H and O–H groups in total. The molecular weight excluding hydrogens is 420 g/mol. The molecule has 1 heterocycles. The number of carbonyl (C=O) groups excluding carboxylic acids is 1. The van der Waals surface area contributed by atoms with E-state index in [1.54, 1.807) is 13.8 Å². The predicted molar refractivity (Wildman–Crippen MR) is 125 cm³/mol. The number of nitrogens with two attached hydrogens (primary N) is 1. The van der Waals surface area contributed by atoms with E-state index >= 15 is 0 Å². The van der Waals surface area contributed by atoms with E-state index in [0.717, 1.165) is 28.7 Å². The standard InChI is InChI=1S/C24H30N6O3/c1-4-7-20(25)23(31)30(21(15(2)3)24(32)33)14-16-10-12-17(13-11-16)18-8-5-6-9-19(18)22-26-28-29-27-22/h5-6,8-13,15,20-21H,4,7,14,25H2,1-3H3,(H,32,33)(H,26,27,28,29)/t20?,21-/m0/s1. The van der Waals surface area contributed by atoms with Crippen LogP contribution in [-0.4, -0.2) is 54.6 Å². The summed E-state index contributed by atoms with van der Waals surface area (Å²) >= 11 is 0. The second-order valence-corrected chi connectivity index (χ2v) is 8.37. The highest BCUT2D eigenvalue weighted by atomic mass is 16.4. The minimum Gasteiger partial charge on any atom is -0.480 e. The molecule has 1 amide bonds. The molecule has 2 aromatic carbocycles. The first-order chi connectivity index (χ1) is 15.8. The molecule has 0 spiro atoms. The minimum absolute atomic E-state index is 0.165. The normalized spacial score (nSPS) is 13.0. The molecule has 1 aromatic heterocycles. The van der Waals surface area contributed by atoms with Gasteiger partial charge in [-0.15, -0.1) is 10.2 Å². The number of aromatic amines is 1.